The lowest BCUT2D eigenvalue weighted by Gasteiger charge is -2.09. The van der Waals surface area contributed by atoms with Gasteiger partial charge in [-0.15, -0.1) is 0 Å². The van der Waals surface area contributed by atoms with E-state index in [4.69, 9.17) is 44.3 Å². The van der Waals surface area contributed by atoms with Crippen molar-refractivity contribution in [1.82, 2.24) is 0 Å². The Labute approximate surface area is 121 Å². The number of carbonyl (C=O) groups is 1. The molecule has 0 heterocycles. The van der Waals surface area contributed by atoms with Gasteiger partial charge in [0.2, 0.25) is 0 Å². The Morgan fingerprint density at radius 3 is 2.61 bits per heavy atom. The van der Waals surface area contributed by atoms with E-state index in [1.165, 1.54) is 0 Å². The summed E-state index contributed by atoms with van der Waals surface area (Å²) in [5, 5.41) is 0.722. The standard InChI is InChI=1S/C12H13Cl3O3/c1-2-3-6-17-10(16)7-18-9-5-4-8(13)11(14)12(9)15/h4-5H,2-3,6-7H2,1H3. The van der Waals surface area contributed by atoms with Crippen LogP contribution >= 0.6 is 34.8 Å². The Kier molecular flexibility index (Phi) is 6.61. The van der Waals surface area contributed by atoms with Crippen LogP contribution in [0.25, 0.3) is 0 Å². The van der Waals surface area contributed by atoms with Crippen molar-refractivity contribution in [2.75, 3.05) is 13.2 Å². The first-order chi connectivity index (χ1) is 8.56. The summed E-state index contributed by atoms with van der Waals surface area (Å²) < 4.78 is 10.1. The van der Waals surface area contributed by atoms with E-state index in [1.54, 1.807) is 12.1 Å². The van der Waals surface area contributed by atoms with Gasteiger partial charge in [-0.25, -0.2) is 4.79 Å². The maximum atomic E-state index is 11.3. The summed E-state index contributed by atoms with van der Waals surface area (Å²) in [6.07, 6.45) is 1.80. The van der Waals surface area contributed by atoms with E-state index in [9.17, 15) is 4.79 Å². The van der Waals surface area contributed by atoms with Crippen molar-refractivity contribution in [2.45, 2.75) is 19.8 Å². The van der Waals surface area contributed by atoms with Gasteiger partial charge >= 0.3 is 5.97 Å². The predicted molar refractivity (Wildman–Crippen MR) is 72.8 cm³/mol. The van der Waals surface area contributed by atoms with Crippen LogP contribution < -0.4 is 4.74 Å². The summed E-state index contributed by atoms with van der Waals surface area (Å²) in [6.45, 7) is 2.20. The number of esters is 1. The van der Waals surface area contributed by atoms with Crippen LogP contribution in [-0.4, -0.2) is 19.2 Å². The Hall–Kier alpha value is -0.640. The second-order valence-electron chi connectivity index (χ2n) is 3.54. The van der Waals surface area contributed by atoms with E-state index in [-0.39, 0.29) is 16.7 Å². The average molecular weight is 312 g/mol. The summed E-state index contributed by atoms with van der Waals surface area (Å²) in [6, 6.07) is 3.10. The normalized spacial score (nSPS) is 10.2. The fourth-order valence-corrected chi connectivity index (χ4v) is 1.71. The molecule has 18 heavy (non-hydrogen) atoms. The molecule has 0 fully saturated rings. The van der Waals surface area contributed by atoms with Gasteiger partial charge in [-0.1, -0.05) is 48.1 Å². The number of unbranched alkanes of at least 4 members (excludes halogenated alkanes) is 1. The molecule has 100 valence electrons. The molecule has 0 saturated heterocycles. The van der Waals surface area contributed by atoms with Crippen molar-refractivity contribution in [3.63, 3.8) is 0 Å². The van der Waals surface area contributed by atoms with Gasteiger partial charge in [0.05, 0.1) is 16.7 Å². The molecule has 0 radical (unpaired) electrons. The van der Waals surface area contributed by atoms with E-state index in [0.717, 1.165) is 12.8 Å². The van der Waals surface area contributed by atoms with Gasteiger partial charge in [0.25, 0.3) is 0 Å². The molecule has 0 bridgehead atoms. The maximum Gasteiger partial charge on any atom is 0.344 e. The fraction of sp³-hybridized carbons (Fsp3) is 0.417. The third-order valence-electron chi connectivity index (χ3n) is 2.11. The van der Waals surface area contributed by atoms with Crippen LogP contribution in [-0.2, 0) is 9.53 Å². The molecule has 0 saturated carbocycles. The Balaban J connectivity index is 2.49. The van der Waals surface area contributed by atoms with Crippen molar-refractivity contribution in [2.24, 2.45) is 0 Å². The molecule has 0 amide bonds. The second-order valence-corrected chi connectivity index (χ2v) is 4.70. The van der Waals surface area contributed by atoms with Crippen molar-refractivity contribution >= 4 is 40.8 Å². The summed E-state index contributed by atoms with van der Waals surface area (Å²) >= 11 is 17.5. The fourth-order valence-electron chi connectivity index (χ4n) is 1.13. The number of ether oxygens (including phenoxy) is 2. The first kappa shape index (κ1) is 15.4. The minimum Gasteiger partial charge on any atom is -0.480 e. The van der Waals surface area contributed by atoms with Crippen molar-refractivity contribution in [3.8, 4) is 5.75 Å². The molecule has 0 atom stereocenters. The molecule has 6 heteroatoms. The zero-order valence-electron chi connectivity index (χ0n) is 9.84. The lowest BCUT2D eigenvalue weighted by Crippen LogP contribution is -2.15. The minimum atomic E-state index is -0.439. The highest BCUT2D eigenvalue weighted by atomic mass is 35.5. The third kappa shape index (κ3) is 4.56. The number of carbonyl (C=O) groups excluding carboxylic acids is 1. The molecule has 1 aromatic carbocycles. The number of halogens is 3. The second kappa shape index (κ2) is 7.72. The van der Waals surface area contributed by atoms with E-state index < -0.39 is 5.97 Å². The summed E-state index contributed by atoms with van der Waals surface area (Å²) in [5.41, 5.74) is 0. The number of benzene rings is 1. The lowest BCUT2D eigenvalue weighted by atomic mass is 10.3. The van der Waals surface area contributed by atoms with Gasteiger partial charge in [0.15, 0.2) is 6.61 Å². The molecule has 0 aliphatic carbocycles. The van der Waals surface area contributed by atoms with Crippen molar-refractivity contribution in [3.05, 3.63) is 27.2 Å². The summed E-state index contributed by atoms with van der Waals surface area (Å²) in [4.78, 5) is 11.3. The smallest absolute Gasteiger partial charge is 0.344 e. The number of hydrogen-bond donors (Lipinski definition) is 0. The van der Waals surface area contributed by atoms with Gasteiger partial charge in [0, 0.05) is 0 Å². The lowest BCUT2D eigenvalue weighted by molar-refractivity contribution is -0.146. The Morgan fingerprint density at radius 1 is 1.22 bits per heavy atom. The average Bonchev–Trinajstić information content (AvgIpc) is 2.35. The van der Waals surface area contributed by atoms with Gasteiger partial charge in [0.1, 0.15) is 10.8 Å². The van der Waals surface area contributed by atoms with E-state index in [0.29, 0.717) is 17.4 Å². The molecule has 3 nitrogen and oxygen atoms in total. The van der Waals surface area contributed by atoms with Crippen LogP contribution in [0.5, 0.6) is 5.75 Å². The Morgan fingerprint density at radius 2 is 1.94 bits per heavy atom. The molecule has 0 aliphatic rings. The van der Waals surface area contributed by atoms with Gasteiger partial charge in [-0.2, -0.15) is 0 Å². The number of rotatable bonds is 6. The van der Waals surface area contributed by atoms with Crippen molar-refractivity contribution in [1.29, 1.82) is 0 Å². The monoisotopic (exact) mass is 310 g/mol. The van der Waals surface area contributed by atoms with E-state index in [2.05, 4.69) is 0 Å². The quantitative estimate of drug-likeness (QED) is 0.444. The molecule has 0 aromatic heterocycles. The maximum absolute atomic E-state index is 11.3. The number of hydrogen-bond acceptors (Lipinski definition) is 3. The largest absolute Gasteiger partial charge is 0.480 e. The molecule has 0 aliphatic heterocycles. The summed E-state index contributed by atoms with van der Waals surface area (Å²) in [5.74, 6) is -0.135. The zero-order chi connectivity index (χ0) is 13.5. The molecular formula is C12H13Cl3O3. The van der Waals surface area contributed by atoms with Crippen LogP contribution in [0.1, 0.15) is 19.8 Å². The highest BCUT2D eigenvalue weighted by Crippen LogP contribution is 2.36. The van der Waals surface area contributed by atoms with Crippen LogP contribution in [0.3, 0.4) is 0 Å². The molecular weight excluding hydrogens is 298 g/mol. The Bertz CT molecular complexity index is 421. The van der Waals surface area contributed by atoms with E-state index in [1.807, 2.05) is 6.92 Å². The van der Waals surface area contributed by atoms with Gasteiger partial charge in [-0.3, -0.25) is 0 Å². The molecule has 1 rings (SSSR count). The molecule has 1 aromatic rings. The first-order valence-electron chi connectivity index (χ1n) is 5.48. The van der Waals surface area contributed by atoms with E-state index >= 15 is 0 Å². The van der Waals surface area contributed by atoms with Crippen LogP contribution in [0.2, 0.25) is 15.1 Å². The van der Waals surface area contributed by atoms with Gasteiger partial charge in [-0.05, 0) is 18.6 Å². The van der Waals surface area contributed by atoms with Crippen LogP contribution in [0.4, 0.5) is 0 Å². The zero-order valence-corrected chi connectivity index (χ0v) is 12.1. The molecule has 0 unspecified atom stereocenters. The SMILES string of the molecule is CCCCOC(=O)COc1ccc(Cl)c(Cl)c1Cl. The predicted octanol–water partition coefficient (Wildman–Crippen LogP) is 4.37. The minimum absolute atomic E-state index is 0.186. The topological polar surface area (TPSA) is 35.5 Å². The first-order valence-corrected chi connectivity index (χ1v) is 6.61. The highest BCUT2D eigenvalue weighted by Gasteiger charge is 2.11. The van der Waals surface area contributed by atoms with Crippen LogP contribution in [0.15, 0.2) is 12.1 Å². The molecule has 0 spiro atoms. The summed E-state index contributed by atoms with van der Waals surface area (Å²) in [7, 11) is 0. The van der Waals surface area contributed by atoms with Crippen LogP contribution in [0, 0.1) is 0 Å². The third-order valence-corrected chi connectivity index (χ3v) is 3.38. The molecule has 0 N–H and O–H groups in total. The van der Waals surface area contributed by atoms with Gasteiger partial charge < -0.3 is 9.47 Å². The highest BCUT2D eigenvalue weighted by molar-refractivity contribution is 6.48. The van der Waals surface area contributed by atoms with Crippen molar-refractivity contribution < 1.29 is 14.3 Å².